The second-order valence-corrected chi connectivity index (χ2v) is 4.98. The number of nitrogens with one attached hydrogen (secondary N) is 1. The molecule has 82 valence electrons. The lowest BCUT2D eigenvalue weighted by Crippen LogP contribution is -2.63. The normalized spacial score (nSPS) is 36.7. The zero-order chi connectivity index (χ0) is 10.6. The molecule has 15 heavy (non-hydrogen) atoms. The minimum absolute atomic E-state index is 0.0263. The van der Waals surface area contributed by atoms with Gasteiger partial charge in [0.2, 0.25) is 11.8 Å². The molecule has 3 aliphatic rings. The van der Waals surface area contributed by atoms with Crippen molar-refractivity contribution < 1.29 is 9.59 Å². The summed E-state index contributed by atoms with van der Waals surface area (Å²) in [6, 6.07) is -0.130. The first-order valence-corrected chi connectivity index (χ1v) is 5.81. The lowest BCUT2D eigenvalue weighted by Gasteiger charge is -2.37. The van der Waals surface area contributed by atoms with Crippen LogP contribution in [0.2, 0.25) is 0 Å². The van der Waals surface area contributed by atoms with Gasteiger partial charge >= 0.3 is 0 Å². The molecule has 4 heteroatoms. The molecule has 2 amide bonds. The molecule has 0 bridgehead atoms. The summed E-state index contributed by atoms with van der Waals surface area (Å²) in [6.45, 7) is 1.83. The molecule has 2 unspecified atom stereocenters. The van der Waals surface area contributed by atoms with Gasteiger partial charge in [-0.25, -0.2) is 0 Å². The molecule has 1 saturated heterocycles. The highest BCUT2D eigenvalue weighted by atomic mass is 16.2. The highest BCUT2D eigenvalue weighted by Gasteiger charge is 2.49. The number of hydrogen-bond donors (Lipinski definition) is 1. The highest BCUT2D eigenvalue weighted by molar-refractivity contribution is 5.97. The topological polar surface area (TPSA) is 49.4 Å². The highest BCUT2D eigenvalue weighted by Crippen LogP contribution is 2.38. The average molecular weight is 208 g/mol. The molecule has 0 aromatic heterocycles. The van der Waals surface area contributed by atoms with Crippen molar-refractivity contribution in [1.82, 2.24) is 10.2 Å². The van der Waals surface area contributed by atoms with E-state index in [9.17, 15) is 9.59 Å². The number of nitrogens with zero attached hydrogens (tertiary/aromatic N) is 1. The Bertz CT molecular complexity index is 321. The van der Waals surface area contributed by atoms with Gasteiger partial charge in [0.1, 0.15) is 12.1 Å². The van der Waals surface area contributed by atoms with E-state index in [1.807, 2.05) is 11.8 Å². The van der Waals surface area contributed by atoms with E-state index >= 15 is 0 Å². The molecule has 3 fully saturated rings. The molecular formula is C11H16N2O2. The van der Waals surface area contributed by atoms with E-state index in [2.05, 4.69) is 5.32 Å². The Balaban J connectivity index is 1.83. The molecule has 0 radical (unpaired) electrons. The third kappa shape index (κ3) is 1.43. The fourth-order valence-electron chi connectivity index (χ4n) is 2.41. The molecule has 0 aromatic rings. The predicted molar refractivity (Wildman–Crippen MR) is 54.0 cm³/mol. The maximum absolute atomic E-state index is 12.2. The largest absolute Gasteiger partial charge is 0.342 e. The Labute approximate surface area is 89.0 Å². The molecule has 3 rings (SSSR count). The standard InChI is InChI=1S/C11H16N2O2/c1-6-10(14)12-9(7-2-3-7)11(15)13(6)8-4-5-8/h6-9H,2-5H2,1H3,(H,12,14). The van der Waals surface area contributed by atoms with Gasteiger partial charge in [-0.1, -0.05) is 0 Å². The van der Waals surface area contributed by atoms with Gasteiger partial charge in [-0.05, 0) is 38.5 Å². The summed E-state index contributed by atoms with van der Waals surface area (Å²) in [5, 5.41) is 2.86. The smallest absolute Gasteiger partial charge is 0.246 e. The molecule has 1 heterocycles. The average Bonchev–Trinajstić information content (AvgIpc) is 2.99. The molecule has 2 aliphatic carbocycles. The molecule has 0 aromatic carbocycles. The first kappa shape index (κ1) is 9.19. The van der Waals surface area contributed by atoms with Crippen LogP contribution in [0.25, 0.3) is 0 Å². The SMILES string of the molecule is CC1C(=O)NC(C2CC2)C(=O)N1C1CC1. The third-order valence-electron chi connectivity index (χ3n) is 3.65. The number of piperazine rings is 1. The van der Waals surface area contributed by atoms with E-state index in [4.69, 9.17) is 0 Å². The van der Waals surface area contributed by atoms with Gasteiger partial charge < -0.3 is 10.2 Å². The van der Waals surface area contributed by atoms with Crippen LogP contribution in [-0.4, -0.2) is 34.8 Å². The first-order chi connectivity index (χ1) is 7.18. The van der Waals surface area contributed by atoms with Crippen LogP contribution in [0.3, 0.4) is 0 Å². The van der Waals surface area contributed by atoms with Crippen LogP contribution in [0.1, 0.15) is 32.6 Å². The zero-order valence-corrected chi connectivity index (χ0v) is 8.90. The van der Waals surface area contributed by atoms with E-state index in [1.54, 1.807) is 0 Å². The molecule has 1 N–H and O–H groups in total. The summed E-state index contributed by atoms with van der Waals surface area (Å²) in [4.78, 5) is 25.7. The van der Waals surface area contributed by atoms with Crippen molar-refractivity contribution >= 4 is 11.8 Å². The fourth-order valence-corrected chi connectivity index (χ4v) is 2.41. The molecule has 2 saturated carbocycles. The van der Waals surface area contributed by atoms with Crippen molar-refractivity contribution in [3.63, 3.8) is 0 Å². The lowest BCUT2D eigenvalue weighted by atomic mass is 10.0. The van der Waals surface area contributed by atoms with Crippen molar-refractivity contribution in [2.45, 2.75) is 50.7 Å². The number of amides is 2. The quantitative estimate of drug-likeness (QED) is 0.708. The van der Waals surface area contributed by atoms with Crippen LogP contribution < -0.4 is 5.32 Å². The number of carbonyl (C=O) groups is 2. The van der Waals surface area contributed by atoms with E-state index < -0.39 is 0 Å². The van der Waals surface area contributed by atoms with Crippen molar-refractivity contribution in [3.8, 4) is 0 Å². The van der Waals surface area contributed by atoms with Gasteiger partial charge in [0, 0.05) is 6.04 Å². The van der Waals surface area contributed by atoms with Crippen molar-refractivity contribution in [1.29, 1.82) is 0 Å². The van der Waals surface area contributed by atoms with Crippen LogP contribution in [-0.2, 0) is 9.59 Å². The van der Waals surface area contributed by atoms with Gasteiger partial charge in [-0.3, -0.25) is 9.59 Å². The van der Waals surface area contributed by atoms with Crippen molar-refractivity contribution in [2.24, 2.45) is 5.92 Å². The summed E-state index contributed by atoms with van der Waals surface area (Å²) in [6.07, 6.45) is 4.31. The molecule has 1 aliphatic heterocycles. The van der Waals surface area contributed by atoms with E-state index in [1.165, 1.54) is 0 Å². The molecular weight excluding hydrogens is 192 g/mol. The number of hydrogen-bond acceptors (Lipinski definition) is 2. The Morgan fingerprint density at radius 3 is 2.40 bits per heavy atom. The summed E-state index contributed by atoms with van der Waals surface area (Å²) in [5.41, 5.74) is 0. The Kier molecular flexibility index (Phi) is 1.82. The van der Waals surface area contributed by atoms with Crippen LogP contribution in [0.15, 0.2) is 0 Å². The maximum atomic E-state index is 12.2. The second kappa shape index (κ2) is 2.97. The Morgan fingerprint density at radius 2 is 1.87 bits per heavy atom. The first-order valence-electron chi connectivity index (χ1n) is 5.81. The van der Waals surface area contributed by atoms with Gasteiger partial charge in [0.25, 0.3) is 0 Å². The third-order valence-corrected chi connectivity index (χ3v) is 3.65. The summed E-state index contributed by atoms with van der Waals surface area (Å²) in [5.74, 6) is 0.598. The Hall–Kier alpha value is -1.06. The van der Waals surface area contributed by atoms with E-state index in [0.717, 1.165) is 25.7 Å². The van der Waals surface area contributed by atoms with E-state index in [0.29, 0.717) is 12.0 Å². The van der Waals surface area contributed by atoms with Crippen LogP contribution in [0, 0.1) is 5.92 Å². The molecule has 4 nitrogen and oxygen atoms in total. The van der Waals surface area contributed by atoms with Gasteiger partial charge in [0.15, 0.2) is 0 Å². The summed E-state index contributed by atoms with van der Waals surface area (Å²) < 4.78 is 0. The van der Waals surface area contributed by atoms with Crippen LogP contribution in [0.4, 0.5) is 0 Å². The zero-order valence-electron chi connectivity index (χ0n) is 8.90. The van der Waals surface area contributed by atoms with E-state index in [-0.39, 0.29) is 23.9 Å². The van der Waals surface area contributed by atoms with Gasteiger partial charge in [-0.2, -0.15) is 0 Å². The Morgan fingerprint density at radius 1 is 1.20 bits per heavy atom. The minimum atomic E-state index is -0.264. The molecule has 0 spiro atoms. The number of carbonyl (C=O) groups excluding carboxylic acids is 2. The van der Waals surface area contributed by atoms with Crippen molar-refractivity contribution in [3.05, 3.63) is 0 Å². The van der Waals surface area contributed by atoms with Gasteiger partial charge in [0.05, 0.1) is 0 Å². The van der Waals surface area contributed by atoms with Crippen LogP contribution >= 0.6 is 0 Å². The minimum Gasteiger partial charge on any atom is -0.342 e. The molecule has 2 atom stereocenters. The monoisotopic (exact) mass is 208 g/mol. The predicted octanol–water partition coefficient (Wildman–Crippen LogP) is 0.274. The second-order valence-electron chi connectivity index (χ2n) is 4.98. The number of rotatable bonds is 2. The van der Waals surface area contributed by atoms with Crippen LogP contribution in [0.5, 0.6) is 0 Å². The van der Waals surface area contributed by atoms with Crippen molar-refractivity contribution in [2.75, 3.05) is 0 Å². The lowest BCUT2D eigenvalue weighted by molar-refractivity contribution is -0.149. The fraction of sp³-hybridized carbons (Fsp3) is 0.818. The maximum Gasteiger partial charge on any atom is 0.246 e. The van der Waals surface area contributed by atoms with Gasteiger partial charge in [-0.15, -0.1) is 0 Å². The summed E-state index contributed by atoms with van der Waals surface area (Å²) in [7, 11) is 0. The summed E-state index contributed by atoms with van der Waals surface area (Å²) >= 11 is 0.